The average molecular weight is 477 g/mol. The molecule has 1 amide bonds. The van der Waals surface area contributed by atoms with E-state index < -0.39 is 0 Å². The molecule has 2 N–H and O–H groups in total. The smallest absolute Gasteiger partial charge is 0.267 e. The van der Waals surface area contributed by atoms with E-state index in [2.05, 4.69) is 17.2 Å². The zero-order valence-corrected chi connectivity index (χ0v) is 19.7. The summed E-state index contributed by atoms with van der Waals surface area (Å²) in [7, 11) is 0. The van der Waals surface area contributed by atoms with Crippen molar-refractivity contribution in [2.75, 3.05) is 38.2 Å². The number of fused-ring (bicyclic) bond motifs is 1. The molecule has 10 heteroatoms. The van der Waals surface area contributed by atoms with Crippen molar-refractivity contribution in [2.24, 2.45) is 0 Å². The molecule has 1 saturated heterocycles. The molecule has 0 radical (unpaired) electrons. The molecule has 0 unspecified atom stereocenters. The Balaban J connectivity index is 1.87. The van der Waals surface area contributed by atoms with Crippen LogP contribution in [0.15, 0.2) is 34.1 Å². The summed E-state index contributed by atoms with van der Waals surface area (Å²) in [6, 6.07) is 5.30. The summed E-state index contributed by atoms with van der Waals surface area (Å²) in [4.78, 5) is 32.7. The number of pyridine rings is 1. The zero-order chi connectivity index (χ0) is 22.9. The van der Waals surface area contributed by atoms with Crippen LogP contribution in [-0.4, -0.2) is 62.5 Å². The normalized spacial score (nSPS) is 15.3. The molecule has 3 heterocycles. The van der Waals surface area contributed by atoms with Crippen LogP contribution in [0.1, 0.15) is 38.2 Å². The number of carbonyl (C=O) groups excluding carboxylic acids is 1. The molecule has 0 saturated carbocycles. The molecule has 2 aromatic rings. The molecule has 3 rings (SSSR count). The van der Waals surface area contributed by atoms with Crippen LogP contribution in [0.3, 0.4) is 0 Å². The monoisotopic (exact) mass is 476 g/mol. The molecule has 1 fully saturated rings. The Labute approximate surface area is 196 Å². The van der Waals surface area contributed by atoms with Crippen LogP contribution < -0.4 is 10.9 Å². The topological polar surface area (TPSA) is 96.2 Å². The standard InChI is InChI=1S/C22H28N4O4S2/c1-2-3-4-6-11-26-21(29)17(32-22(26)31)15-16-19(23-9-13-30-14-12-27)24-18-8-5-7-10-25(18)20(16)28/h5,7-8,10,15,23,27H,2-4,6,9,11-14H2,1H3. The zero-order valence-electron chi connectivity index (χ0n) is 18.1. The van der Waals surface area contributed by atoms with Crippen LogP contribution in [0.5, 0.6) is 0 Å². The van der Waals surface area contributed by atoms with E-state index in [4.69, 9.17) is 22.1 Å². The molecule has 0 atom stereocenters. The number of anilines is 1. The van der Waals surface area contributed by atoms with E-state index in [1.165, 1.54) is 16.2 Å². The van der Waals surface area contributed by atoms with Crippen molar-refractivity contribution in [2.45, 2.75) is 32.6 Å². The molecular weight excluding hydrogens is 448 g/mol. The summed E-state index contributed by atoms with van der Waals surface area (Å²) in [6.07, 6.45) is 7.43. The lowest BCUT2D eigenvalue weighted by Gasteiger charge is -2.14. The Morgan fingerprint density at radius 1 is 1.25 bits per heavy atom. The first kappa shape index (κ1) is 24.4. The van der Waals surface area contributed by atoms with Crippen LogP contribution in [-0.2, 0) is 9.53 Å². The van der Waals surface area contributed by atoms with Gasteiger partial charge in [0.2, 0.25) is 0 Å². The van der Waals surface area contributed by atoms with Crippen molar-refractivity contribution in [3.05, 3.63) is 45.2 Å². The summed E-state index contributed by atoms with van der Waals surface area (Å²) < 4.78 is 7.24. The van der Waals surface area contributed by atoms with Gasteiger partial charge < -0.3 is 15.2 Å². The summed E-state index contributed by atoms with van der Waals surface area (Å²) >= 11 is 6.63. The number of aromatic nitrogens is 2. The molecule has 2 aromatic heterocycles. The minimum absolute atomic E-state index is 0.0545. The van der Waals surface area contributed by atoms with E-state index in [0.29, 0.717) is 46.0 Å². The van der Waals surface area contributed by atoms with Gasteiger partial charge in [0.05, 0.1) is 30.3 Å². The third kappa shape index (κ3) is 5.94. The van der Waals surface area contributed by atoms with Crippen molar-refractivity contribution in [1.82, 2.24) is 14.3 Å². The highest BCUT2D eigenvalue weighted by molar-refractivity contribution is 8.26. The van der Waals surface area contributed by atoms with Crippen LogP contribution in [0.25, 0.3) is 11.7 Å². The molecule has 1 aliphatic rings. The minimum atomic E-state index is -0.275. The van der Waals surface area contributed by atoms with Gasteiger partial charge in [-0.05, 0) is 24.6 Å². The molecule has 0 spiro atoms. The van der Waals surface area contributed by atoms with Crippen molar-refractivity contribution < 1.29 is 14.6 Å². The highest BCUT2D eigenvalue weighted by Crippen LogP contribution is 2.33. The Morgan fingerprint density at radius 3 is 2.88 bits per heavy atom. The number of unbranched alkanes of at least 4 members (excludes halogenated alkanes) is 3. The highest BCUT2D eigenvalue weighted by Gasteiger charge is 2.32. The number of carbonyl (C=O) groups is 1. The molecule has 172 valence electrons. The fourth-order valence-corrected chi connectivity index (χ4v) is 4.59. The maximum Gasteiger partial charge on any atom is 0.267 e. The number of amides is 1. The van der Waals surface area contributed by atoms with E-state index in [0.717, 1.165) is 25.7 Å². The van der Waals surface area contributed by atoms with Gasteiger partial charge in [-0.15, -0.1) is 0 Å². The number of aliphatic hydroxyl groups excluding tert-OH is 1. The van der Waals surface area contributed by atoms with Crippen molar-refractivity contribution >= 4 is 51.7 Å². The number of thioether (sulfide) groups is 1. The Hall–Kier alpha value is -2.27. The van der Waals surface area contributed by atoms with Gasteiger partial charge >= 0.3 is 0 Å². The summed E-state index contributed by atoms with van der Waals surface area (Å²) in [6.45, 7) is 3.65. The molecule has 32 heavy (non-hydrogen) atoms. The van der Waals surface area contributed by atoms with Crippen molar-refractivity contribution in [3.8, 4) is 0 Å². The van der Waals surface area contributed by atoms with E-state index >= 15 is 0 Å². The van der Waals surface area contributed by atoms with Crippen LogP contribution in [0.2, 0.25) is 0 Å². The maximum absolute atomic E-state index is 13.2. The maximum atomic E-state index is 13.2. The van der Waals surface area contributed by atoms with Gasteiger partial charge in [-0.2, -0.15) is 0 Å². The van der Waals surface area contributed by atoms with Gasteiger partial charge in [0.25, 0.3) is 11.5 Å². The van der Waals surface area contributed by atoms with E-state index in [9.17, 15) is 9.59 Å². The fourth-order valence-electron chi connectivity index (χ4n) is 3.30. The first-order chi connectivity index (χ1) is 15.6. The number of ether oxygens (including phenoxy) is 1. The quantitative estimate of drug-likeness (QED) is 0.274. The predicted molar refractivity (Wildman–Crippen MR) is 132 cm³/mol. The van der Waals surface area contributed by atoms with E-state index in [1.54, 1.807) is 35.4 Å². The third-order valence-electron chi connectivity index (χ3n) is 4.93. The van der Waals surface area contributed by atoms with Crippen molar-refractivity contribution in [1.29, 1.82) is 0 Å². The second-order valence-corrected chi connectivity index (χ2v) is 8.94. The molecule has 0 aromatic carbocycles. The number of hydrogen-bond donors (Lipinski definition) is 2. The number of nitrogens with zero attached hydrogens (tertiary/aromatic N) is 3. The van der Waals surface area contributed by atoms with Crippen molar-refractivity contribution in [3.63, 3.8) is 0 Å². The largest absolute Gasteiger partial charge is 0.394 e. The lowest BCUT2D eigenvalue weighted by molar-refractivity contribution is -0.122. The first-order valence-corrected chi connectivity index (χ1v) is 12.0. The number of aliphatic hydroxyl groups is 1. The number of nitrogens with one attached hydrogen (secondary N) is 1. The lowest BCUT2D eigenvalue weighted by atomic mass is 10.2. The van der Waals surface area contributed by atoms with Crippen LogP contribution >= 0.6 is 24.0 Å². The summed E-state index contributed by atoms with van der Waals surface area (Å²) in [5, 5.41) is 12.0. The molecular formula is C22H28N4O4S2. The average Bonchev–Trinajstić information content (AvgIpc) is 3.06. The van der Waals surface area contributed by atoms with Crippen LogP contribution in [0.4, 0.5) is 5.82 Å². The third-order valence-corrected chi connectivity index (χ3v) is 6.31. The van der Waals surface area contributed by atoms with Gasteiger partial charge in [0.1, 0.15) is 15.8 Å². The summed E-state index contributed by atoms with van der Waals surface area (Å²) in [5.74, 6) is 0.202. The molecule has 1 aliphatic heterocycles. The van der Waals surface area contributed by atoms with E-state index in [1.807, 2.05) is 0 Å². The van der Waals surface area contributed by atoms with Crippen LogP contribution in [0, 0.1) is 0 Å². The second-order valence-electron chi connectivity index (χ2n) is 7.26. The number of thiocarbonyl (C=S) groups is 1. The number of hydrogen-bond acceptors (Lipinski definition) is 8. The fraction of sp³-hybridized carbons (Fsp3) is 0.455. The number of rotatable bonds is 12. The van der Waals surface area contributed by atoms with Gasteiger partial charge in [-0.3, -0.25) is 18.9 Å². The lowest BCUT2D eigenvalue weighted by Crippen LogP contribution is -2.29. The van der Waals surface area contributed by atoms with Gasteiger partial charge in [0.15, 0.2) is 0 Å². The Morgan fingerprint density at radius 2 is 2.09 bits per heavy atom. The Bertz CT molecular complexity index is 1050. The molecule has 0 bridgehead atoms. The predicted octanol–water partition coefficient (Wildman–Crippen LogP) is 2.90. The van der Waals surface area contributed by atoms with Gasteiger partial charge in [0, 0.05) is 19.3 Å². The molecule has 8 nitrogen and oxygen atoms in total. The summed E-state index contributed by atoms with van der Waals surface area (Å²) in [5.41, 5.74) is 0.516. The molecule has 0 aliphatic carbocycles. The second kappa shape index (κ2) is 12.1. The first-order valence-electron chi connectivity index (χ1n) is 10.8. The van der Waals surface area contributed by atoms with Gasteiger partial charge in [-0.1, -0.05) is 56.2 Å². The Kier molecular flexibility index (Phi) is 9.22. The SMILES string of the molecule is CCCCCCN1C(=O)C(=Cc2c(NCCOCCO)nc3ccccn3c2=O)SC1=S. The van der Waals surface area contributed by atoms with E-state index in [-0.39, 0.29) is 24.7 Å². The highest BCUT2D eigenvalue weighted by atomic mass is 32.2. The van der Waals surface area contributed by atoms with Gasteiger partial charge in [-0.25, -0.2) is 4.98 Å². The minimum Gasteiger partial charge on any atom is -0.394 e.